The van der Waals surface area contributed by atoms with Gasteiger partial charge in [0.1, 0.15) is 5.75 Å². The van der Waals surface area contributed by atoms with E-state index in [9.17, 15) is 9.90 Å². The second-order valence-corrected chi connectivity index (χ2v) is 5.96. The van der Waals surface area contributed by atoms with E-state index in [-0.39, 0.29) is 18.1 Å². The van der Waals surface area contributed by atoms with Gasteiger partial charge >= 0.3 is 0 Å². The fourth-order valence-corrected chi connectivity index (χ4v) is 2.86. The highest BCUT2D eigenvalue weighted by Gasteiger charge is 2.22. The Morgan fingerprint density at radius 3 is 2.65 bits per heavy atom. The van der Waals surface area contributed by atoms with Crippen LogP contribution in [0.25, 0.3) is 0 Å². The number of hydrogen-bond donors (Lipinski definition) is 1. The molecule has 26 heavy (non-hydrogen) atoms. The zero-order valence-corrected chi connectivity index (χ0v) is 14.9. The molecule has 0 bridgehead atoms. The first kappa shape index (κ1) is 17.8. The molecule has 0 saturated carbocycles. The molecule has 0 saturated heterocycles. The molecule has 1 aliphatic rings. The van der Waals surface area contributed by atoms with Gasteiger partial charge in [0, 0.05) is 6.42 Å². The smallest absolute Gasteiger partial charge is 0.247 e. The molecule has 3 rings (SSSR count). The average Bonchev–Trinajstić information content (AvgIpc) is 3.13. The van der Waals surface area contributed by atoms with E-state index in [1.807, 2.05) is 25.1 Å². The number of phenols is 1. The summed E-state index contributed by atoms with van der Waals surface area (Å²) in [5, 5.41) is 15.3. The van der Waals surface area contributed by atoms with Crippen molar-refractivity contribution < 1.29 is 19.4 Å². The van der Waals surface area contributed by atoms with E-state index in [4.69, 9.17) is 9.47 Å². The van der Waals surface area contributed by atoms with Crippen LogP contribution in [0.2, 0.25) is 0 Å². The summed E-state index contributed by atoms with van der Waals surface area (Å²) in [5.41, 5.74) is 2.62. The second kappa shape index (κ2) is 7.91. The number of ether oxygens (including phenoxy) is 2. The third kappa shape index (κ3) is 3.96. The zero-order valence-electron chi connectivity index (χ0n) is 14.9. The summed E-state index contributed by atoms with van der Waals surface area (Å²) in [6, 6.07) is 12.4. The van der Waals surface area contributed by atoms with Crippen LogP contribution in [-0.4, -0.2) is 42.0 Å². The highest BCUT2D eigenvalue weighted by molar-refractivity contribution is 6.02. The number of nitrogens with zero attached hydrogens (tertiary/aromatic N) is 2. The molecule has 2 aromatic rings. The van der Waals surface area contributed by atoms with Crippen molar-refractivity contribution >= 4 is 11.6 Å². The fourth-order valence-electron chi connectivity index (χ4n) is 2.86. The third-order valence-electron chi connectivity index (χ3n) is 4.17. The molecule has 0 aliphatic carbocycles. The lowest BCUT2D eigenvalue weighted by atomic mass is 10.1. The Balaban J connectivity index is 1.70. The largest absolute Gasteiger partial charge is 0.508 e. The van der Waals surface area contributed by atoms with Crippen LogP contribution in [0.15, 0.2) is 47.6 Å². The van der Waals surface area contributed by atoms with Crippen LogP contribution >= 0.6 is 0 Å². The van der Waals surface area contributed by atoms with E-state index in [0.717, 1.165) is 16.8 Å². The van der Waals surface area contributed by atoms with Gasteiger partial charge in [-0.2, -0.15) is 5.10 Å². The maximum Gasteiger partial charge on any atom is 0.247 e. The Bertz CT molecular complexity index is 815. The fraction of sp³-hybridized carbons (Fsp3) is 0.300. The predicted molar refractivity (Wildman–Crippen MR) is 98.8 cm³/mol. The molecular weight excluding hydrogens is 332 g/mol. The topological polar surface area (TPSA) is 71.4 Å². The number of benzene rings is 2. The standard InChI is InChI=1S/C20H22N2O4/c1-3-26-19-12-14(4-9-18(19)25-2)13-20(24)22-11-10-17(21-22)15-5-7-16(23)8-6-15/h4-9,12,23H,3,10-11,13H2,1-2H3. The van der Waals surface area contributed by atoms with Gasteiger partial charge in [-0.1, -0.05) is 6.07 Å². The van der Waals surface area contributed by atoms with Crippen molar-refractivity contribution in [2.24, 2.45) is 5.10 Å². The van der Waals surface area contributed by atoms with Crippen LogP contribution in [0.3, 0.4) is 0 Å². The van der Waals surface area contributed by atoms with Crippen LogP contribution in [0.4, 0.5) is 0 Å². The normalized spacial score (nSPS) is 13.5. The van der Waals surface area contributed by atoms with Gasteiger partial charge in [-0.3, -0.25) is 4.79 Å². The summed E-state index contributed by atoms with van der Waals surface area (Å²) in [7, 11) is 1.59. The number of hydrazone groups is 1. The molecule has 1 N–H and O–H groups in total. The summed E-state index contributed by atoms with van der Waals surface area (Å²) >= 11 is 0. The van der Waals surface area contributed by atoms with Gasteiger partial charge < -0.3 is 14.6 Å². The van der Waals surface area contributed by atoms with Gasteiger partial charge in [0.2, 0.25) is 5.91 Å². The summed E-state index contributed by atoms with van der Waals surface area (Å²) in [4.78, 5) is 12.6. The lowest BCUT2D eigenvalue weighted by Gasteiger charge is -2.13. The van der Waals surface area contributed by atoms with Gasteiger partial charge in [-0.05, 0) is 54.4 Å². The van der Waals surface area contributed by atoms with Gasteiger partial charge in [0.25, 0.3) is 0 Å². The summed E-state index contributed by atoms with van der Waals surface area (Å²) < 4.78 is 10.8. The first-order chi connectivity index (χ1) is 12.6. The Hall–Kier alpha value is -3.02. The number of aromatic hydroxyl groups is 1. The maximum absolute atomic E-state index is 12.6. The van der Waals surface area contributed by atoms with Crippen molar-refractivity contribution in [2.75, 3.05) is 20.3 Å². The minimum atomic E-state index is -0.0635. The van der Waals surface area contributed by atoms with E-state index in [2.05, 4.69) is 5.10 Å². The number of phenolic OH excluding ortho intramolecular Hbond substituents is 1. The Morgan fingerprint density at radius 2 is 1.96 bits per heavy atom. The molecule has 1 amide bonds. The van der Waals surface area contributed by atoms with Crippen LogP contribution in [0.1, 0.15) is 24.5 Å². The number of hydrogen-bond acceptors (Lipinski definition) is 5. The lowest BCUT2D eigenvalue weighted by molar-refractivity contribution is -0.130. The van der Waals surface area contributed by atoms with Crippen molar-refractivity contribution in [1.29, 1.82) is 0 Å². The molecule has 0 spiro atoms. The van der Waals surface area contributed by atoms with Gasteiger partial charge in [-0.15, -0.1) is 0 Å². The van der Waals surface area contributed by atoms with Crippen molar-refractivity contribution in [2.45, 2.75) is 19.8 Å². The van der Waals surface area contributed by atoms with E-state index >= 15 is 0 Å². The molecule has 0 aromatic heterocycles. The van der Waals surface area contributed by atoms with E-state index in [0.29, 0.717) is 31.1 Å². The van der Waals surface area contributed by atoms with Crippen LogP contribution < -0.4 is 9.47 Å². The number of rotatable bonds is 6. The SMILES string of the molecule is CCOc1cc(CC(=O)N2CCC(c3ccc(O)cc3)=N2)ccc1OC. The van der Waals surface area contributed by atoms with Crippen molar-refractivity contribution in [1.82, 2.24) is 5.01 Å². The maximum atomic E-state index is 12.6. The molecule has 0 fully saturated rings. The molecule has 2 aromatic carbocycles. The minimum absolute atomic E-state index is 0.0635. The summed E-state index contributed by atoms with van der Waals surface area (Å²) in [6.45, 7) is 2.99. The van der Waals surface area contributed by atoms with Gasteiger partial charge in [-0.25, -0.2) is 5.01 Å². The molecule has 0 unspecified atom stereocenters. The molecule has 0 radical (unpaired) electrons. The molecule has 1 heterocycles. The molecule has 136 valence electrons. The number of carbonyl (C=O) groups is 1. The van der Waals surface area contributed by atoms with Crippen LogP contribution in [-0.2, 0) is 11.2 Å². The van der Waals surface area contributed by atoms with Crippen LogP contribution in [0.5, 0.6) is 17.2 Å². The van der Waals surface area contributed by atoms with Gasteiger partial charge in [0.15, 0.2) is 11.5 Å². The van der Waals surface area contributed by atoms with E-state index < -0.39 is 0 Å². The monoisotopic (exact) mass is 354 g/mol. The third-order valence-corrected chi connectivity index (χ3v) is 4.17. The number of methoxy groups -OCH3 is 1. The number of carbonyl (C=O) groups excluding carboxylic acids is 1. The second-order valence-electron chi connectivity index (χ2n) is 5.96. The van der Waals surface area contributed by atoms with Crippen molar-refractivity contribution in [3.63, 3.8) is 0 Å². The highest BCUT2D eigenvalue weighted by Crippen LogP contribution is 2.28. The van der Waals surface area contributed by atoms with E-state index in [1.54, 1.807) is 31.4 Å². The Morgan fingerprint density at radius 1 is 1.19 bits per heavy atom. The molecular formula is C20H22N2O4. The van der Waals surface area contributed by atoms with Crippen molar-refractivity contribution in [3.05, 3.63) is 53.6 Å². The molecule has 6 heteroatoms. The number of amides is 1. The molecule has 0 atom stereocenters. The van der Waals surface area contributed by atoms with Gasteiger partial charge in [0.05, 0.1) is 32.4 Å². The first-order valence-electron chi connectivity index (χ1n) is 8.57. The summed E-state index contributed by atoms with van der Waals surface area (Å²) in [6.07, 6.45) is 0.944. The predicted octanol–water partition coefficient (Wildman–Crippen LogP) is 2.98. The Kier molecular flexibility index (Phi) is 5.41. The molecule has 6 nitrogen and oxygen atoms in total. The lowest BCUT2D eigenvalue weighted by Crippen LogP contribution is -2.25. The Labute approximate surface area is 152 Å². The highest BCUT2D eigenvalue weighted by atomic mass is 16.5. The quantitative estimate of drug-likeness (QED) is 0.866. The van der Waals surface area contributed by atoms with E-state index in [1.165, 1.54) is 5.01 Å². The molecule has 1 aliphatic heterocycles. The average molecular weight is 354 g/mol. The van der Waals surface area contributed by atoms with Crippen LogP contribution in [0, 0.1) is 0 Å². The van der Waals surface area contributed by atoms with Crippen molar-refractivity contribution in [3.8, 4) is 17.2 Å². The summed E-state index contributed by atoms with van der Waals surface area (Å²) in [5.74, 6) is 1.43. The minimum Gasteiger partial charge on any atom is -0.508 e. The zero-order chi connectivity index (χ0) is 18.5. The first-order valence-corrected chi connectivity index (χ1v) is 8.57.